The molecule has 8 nitrogen and oxygen atoms in total. The first-order valence-corrected chi connectivity index (χ1v) is 14.3. The second kappa shape index (κ2) is 13.1. The van der Waals surface area contributed by atoms with E-state index in [0.29, 0.717) is 36.8 Å². The Morgan fingerprint density at radius 2 is 1.78 bits per heavy atom. The van der Waals surface area contributed by atoms with Crippen LogP contribution >= 0.6 is 0 Å². The van der Waals surface area contributed by atoms with Crippen molar-refractivity contribution < 1.29 is 19.2 Å². The lowest BCUT2D eigenvalue weighted by molar-refractivity contribution is -0.143. The summed E-state index contributed by atoms with van der Waals surface area (Å²) in [7, 11) is 0. The van der Waals surface area contributed by atoms with Gasteiger partial charge in [-0.25, -0.2) is 0 Å². The second-order valence-corrected chi connectivity index (χ2v) is 10.7. The summed E-state index contributed by atoms with van der Waals surface area (Å²) in [6.45, 7) is 9.48. The number of phenols is 1. The van der Waals surface area contributed by atoms with Gasteiger partial charge in [-0.1, -0.05) is 71.9 Å². The first kappa shape index (κ1) is 28.5. The molecule has 2 heterocycles. The minimum Gasteiger partial charge on any atom is -0.508 e. The van der Waals surface area contributed by atoms with E-state index in [9.17, 15) is 9.90 Å². The largest absolute Gasteiger partial charge is 0.508 e. The number of ether oxygens (including phenoxy) is 1. The van der Waals surface area contributed by atoms with Crippen LogP contribution in [0.4, 0.5) is 0 Å². The third-order valence-electron chi connectivity index (χ3n) is 7.71. The summed E-state index contributed by atoms with van der Waals surface area (Å²) in [5.74, 6) is 0.875. The second-order valence-electron chi connectivity index (χ2n) is 10.7. The maximum absolute atomic E-state index is 11.7. The zero-order chi connectivity index (χ0) is 28.8. The lowest BCUT2D eigenvalue weighted by Crippen LogP contribution is -2.56. The molecule has 5 rings (SSSR count). The predicted molar refractivity (Wildman–Crippen MR) is 157 cm³/mol. The van der Waals surface area contributed by atoms with Gasteiger partial charge in [-0.3, -0.25) is 14.6 Å². The van der Waals surface area contributed by atoms with E-state index in [-0.39, 0.29) is 24.2 Å². The Morgan fingerprint density at radius 1 is 1.00 bits per heavy atom. The van der Waals surface area contributed by atoms with Crippen LogP contribution in [0.1, 0.15) is 55.8 Å². The normalized spacial score (nSPS) is 18.7. The Morgan fingerprint density at radius 3 is 2.51 bits per heavy atom. The molecule has 1 N–H and O–H groups in total. The number of aromatic nitrogens is 2. The number of phenolic OH excluding ortho intramolecular Hbond substituents is 1. The van der Waals surface area contributed by atoms with Crippen LogP contribution in [0.25, 0.3) is 11.4 Å². The fourth-order valence-electron chi connectivity index (χ4n) is 5.62. The fraction of sp³-hybridized carbons (Fsp3) is 0.364. The van der Waals surface area contributed by atoms with E-state index in [1.165, 1.54) is 5.56 Å². The molecule has 0 bridgehead atoms. The van der Waals surface area contributed by atoms with Gasteiger partial charge in [-0.2, -0.15) is 4.98 Å². The molecular weight excluding hydrogens is 516 g/mol. The first-order chi connectivity index (χ1) is 19.9. The first-order valence-electron chi connectivity index (χ1n) is 14.3. The number of rotatable bonds is 10. The molecule has 8 heteroatoms. The van der Waals surface area contributed by atoms with Crippen molar-refractivity contribution in [2.24, 2.45) is 0 Å². The van der Waals surface area contributed by atoms with Gasteiger partial charge in [-0.15, -0.1) is 0 Å². The minimum absolute atomic E-state index is 0.0297. The summed E-state index contributed by atoms with van der Waals surface area (Å²) < 4.78 is 10.4. The summed E-state index contributed by atoms with van der Waals surface area (Å²) in [4.78, 5) is 21.2. The van der Waals surface area contributed by atoms with Crippen LogP contribution in [0.5, 0.6) is 5.75 Å². The number of nitrogens with zero attached hydrogens (tertiary/aromatic N) is 4. The number of hydrogen-bond donors (Lipinski definition) is 1. The lowest BCUT2D eigenvalue weighted by atomic mass is 9.92. The average Bonchev–Trinajstić information content (AvgIpc) is 3.45. The number of carbonyl (C=O) groups is 1. The van der Waals surface area contributed by atoms with Gasteiger partial charge in [-0.05, 0) is 49.6 Å². The Bertz CT molecular complexity index is 1420. The molecule has 0 unspecified atom stereocenters. The van der Waals surface area contributed by atoms with Crippen molar-refractivity contribution in [2.75, 3.05) is 19.7 Å². The van der Waals surface area contributed by atoms with Gasteiger partial charge in [0.25, 0.3) is 0 Å². The average molecular weight is 555 g/mol. The van der Waals surface area contributed by atoms with Crippen LogP contribution in [-0.2, 0) is 22.5 Å². The van der Waals surface area contributed by atoms with Crippen LogP contribution in [0.3, 0.4) is 0 Å². The van der Waals surface area contributed by atoms with Gasteiger partial charge in [0, 0.05) is 43.7 Å². The molecule has 3 aromatic carbocycles. The molecule has 1 saturated heterocycles. The smallest absolute Gasteiger partial charge is 0.306 e. The predicted octanol–water partition coefficient (Wildman–Crippen LogP) is 5.62. The van der Waals surface area contributed by atoms with E-state index in [1.54, 1.807) is 13.0 Å². The Balaban J connectivity index is 1.36. The van der Waals surface area contributed by atoms with Gasteiger partial charge in [0.15, 0.2) is 0 Å². The molecule has 1 fully saturated rings. The van der Waals surface area contributed by atoms with E-state index in [2.05, 4.69) is 82.3 Å². The van der Waals surface area contributed by atoms with Crippen molar-refractivity contribution in [3.05, 3.63) is 101 Å². The molecule has 41 heavy (non-hydrogen) atoms. The highest BCUT2D eigenvalue weighted by atomic mass is 16.5. The molecule has 1 aromatic heterocycles. The SMILES string of the molecule is CCOC(=O)CCc1nc(-c2ccc([C@H](c3cccc(O)c3)N3C[C@@H](C)N(Cc4ccccc4)C[C@@H]3C)cc2)no1. The van der Waals surface area contributed by atoms with E-state index in [0.717, 1.165) is 36.3 Å². The van der Waals surface area contributed by atoms with Crippen molar-refractivity contribution in [1.29, 1.82) is 0 Å². The summed E-state index contributed by atoms with van der Waals surface area (Å²) in [6.07, 6.45) is 0.547. The molecule has 0 aliphatic carbocycles. The number of esters is 1. The molecule has 1 aliphatic rings. The minimum atomic E-state index is -0.279. The topological polar surface area (TPSA) is 91.9 Å². The fourth-order valence-corrected chi connectivity index (χ4v) is 5.62. The number of aromatic hydroxyl groups is 1. The van der Waals surface area contributed by atoms with Crippen LogP contribution in [0.15, 0.2) is 83.4 Å². The highest BCUT2D eigenvalue weighted by molar-refractivity contribution is 5.69. The highest BCUT2D eigenvalue weighted by Crippen LogP contribution is 2.35. The molecule has 0 amide bonds. The van der Waals surface area contributed by atoms with Crippen LogP contribution < -0.4 is 0 Å². The maximum Gasteiger partial charge on any atom is 0.306 e. The Kier molecular flexibility index (Phi) is 9.11. The van der Waals surface area contributed by atoms with E-state index in [1.807, 2.05) is 24.3 Å². The zero-order valence-electron chi connectivity index (χ0n) is 23.9. The number of benzene rings is 3. The van der Waals surface area contributed by atoms with Crippen LogP contribution in [0.2, 0.25) is 0 Å². The quantitative estimate of drug-likeness (QED) is 0.253. The molecule has 0 radical (unpaired) electrons. The van der Waals surface area contributed by atoms with Gasteiger partial charge in [0.05, 0.1) is 19.1 Å². The van der Waals surface area contributed by atoms with Gasteiger partial charge in [0.1, 0.15) is 5.75 Å². The number of carbonyl (C=O) groups excluding carboxylic acids is 1. The van der Waals surface area contributed by atoms with E-state index < -0.39 is 0 Å². The van der Waals surface area contributed by atoms with E-state index in [4.69, 9.17) is 9.26 Å². The number of piperazine rings is 1. The Hall–Kier alpha value is -4.01. The number of aryl methyl sites for hydroxylation is 1. The standard InChI is InChI=1S/C33H38N4O4/c1-4-40-31(39)18-17-30-34-33(35-41-30)27-15-13-26(14-16-27)32(28-11-8-12-29(38)19-28)37-21-23(2)36(20-24(37)3)22-25-9-6-5-7-10-25/h5-16,19,23-24,32,38H,4,17-18,20-22H2,1-3H3/t23-,24+,32-/m1/s1. The summed E-state index contributed by atoms with van der Waals surface area (Å²) >= 11 is 0. The summed E-state index contributed by atoms with van der Waals surface area (Å²) in [5, 5.41) is 14.5. The maximum atomic E-state index is 11.7. The molecule has 0 saturated carbocycles. The monoisotopic (exact) mass is 554 g/mol. The van der Waals surface area contributed by atoms with Gasteiger partial charge >= 0.3 is 5.97 Å². The van der Waals surface area contributed by atoms with Crippen molar-refractivity contribution in [3.8, 4) is 17.1 Å². The molecule has 214 valence electrons. The lowest BCUT2D eigenvalue weighted by Gasteiger charge is -2.47. The molecule has 0 spiro atoms. The third kappa shape index (κ3) is 7.01. The molecule has 4 aromatic rings. The number of hydrogen-bond acceptors (Lipinski definition) is 8. The molecular formula is C33H38N4O4. The van der Waals surface area contributed by atoms with Crippen LogP contribution in [0, 0.1) is 0 Å². The molecule has 3 atom stereocenters. The zero-order valence-corrected chi connectivity index (χ0v) is 23.9. The summed E-state index contributed by atoms with van der Waals surface area (Å²) in [6, 6.07) is 27.0. The van der Waals surface area contributed by atoms with Gasteiger partial charge in [0.2, 0.25) is 11.7 Å². The van der Waals surface area contributed by atoms with E-state index >= 15 is 0 Å². The highest BCUT2D eigenvalue weighted by Gasteiger charge is 2.35. The van der Waals surface area contributed by atoms with Crippen molar-refractivity contribution in [3.63, 3.8) is 0 Å². The van der Waals surface area contributed by atoms with Crippen molar-refractivity contribution in [2.45, 2.75) is 58.3 Å². The van der Waals surface area contributed by atoms with Gasteiger partial charge < -0.3 is 14.4 Å². The Labute approximate surface area is 241 Å². The van der Waals surface area contributed by atoms with Crippen molar-refractivity contribution in [1.82, 2.24) is 19.9 Å². The van der Waals surface area contributed by atoms with Crippen molar-refractivity contribution >= 4 is 5.97 Å². The van der Waals surface area contributed by atoms with Crippen LogP contribution in [-0.4, -0.2) is 62.8 Å². The third-order valence-corrected chi connectivity index (χ3v) is 7.71. The molecule has 1 aliphatic heterocycles. The summed E-state index contributed by atoms with van der Waals surface area (Å²) in [5.41, 5.74) is 4.34.